The van der Waals surface area contributed by atoms with Crippen LogP contribution in [0.15, 0.2) is 48.7 Å². The predicted molar refractivity (Wildman–Crippen MR) is 110 cm³/mol. The van der Waals surface area contributed by atoms with Crippen molar-refractivity contribution in [3.8, 4) is 11.1 Å². The first-order valence-corrected chi connectivity index (χ1v) is 10.3. The lowest BCUT2D eigenvalue weighted by Gasteiger charge is -2.28. The average Bonchev–Trinajstić information content (AvgIpc) is 3.03. The number of fused-ring (bicyclic) bond motifs is 1. The highest BCUT2D eigenvalue weighted by Gasteiger charge is 2.42. The number of nitrogens with zero attached hydrogens (tertiary/aromatic N) is 1. The Morgan fingerprint density at radius 1 is 1.18 bits per heavy atom. The third kappa shape index (κ3) is 4.16. The summed E-state index contributed by atoms with van der Waals surface area (Å²) in [5.41, 5.74) is 2.62. The highest BCUT2D eigenvalue weighted by molar-refractivity contribution is 5.73. The van der Waals surface area contributed by atoms with Gasteiger partial charge in [-0.25, -0.2) is 4.39 Å². The summed E-state index contributed by atoms with van der Waals surface area (Å²) in [6.07, 6.45) is 12.3. The summed E-state index contributed by atoms with van der Waals surface area (Å²) in [4.78, 5) is 16.2. The van der Waals surface area contributed by atoms with Gasteiger partial charge in [0.2, 0.25) is 5.91 Å². The second-order valence-corrected chi connectivity index (χ2v) is 8.17. The van der Waals surface area contributed by atoms with E-state index in [9.17, 15) is 9.18 Å². The molecule has 1 N–H and O–H groups in total. The molecular formula is C24H27FN2O. The maximum atomic E-state index is 13.4. The second kappa shape index (κ2) is 8.26. The molecule has 4 atom stereocenters. The van der Waals surface area contributed by atoms with Gasteiger partial charge in [-0.05, 0) is 54.5 Å². The zero-order valence-corrected chi connectivity index (χ0v) is 16.3. The van der Waals surface area contributed by atoms with Crippen molar-refractivity contribution >= 4 is 12.0 Å². The van der Waals surface area contributed by atoms with Crippen LogP contribution in [0.5, 0.6) is 0 Å². The summed E-state index contributed by atoms with van der Waals surface area (Å²) < 4.78 is 13.4. The minimum Gasteiger partial charge on any atom is -0.353 e. The number of rotatable bonds is 4. The van der Waals surface area contributed by atoms with E-state index in [2.05, 4.69) is 22.5 Å². The highest BCUT2D eigenvalue weighted by Crippen LogP contribution is 2.46. The summed E-state index contributed by atoms with van der Waals surface area (Å²) in [6, 6.07) is 10.7. The van der Waals surface area contributed by atoms with Gasteiger partial charge in [0.15, 0.2) is 0 Å². The smallest absolute Gasteiger partial charge is 0.217 e. The number of carbonyl (C=O) groups is 1. The van der Waals surface area contributed by atoms with Crippen LogP contribution in [0.1, 0.15) is 44.7 Å². The molecular weight excluding hydrogens is 351 g/mol. The summed E-state index contributed by atoms with van der Waals surface area (Å²) >= 11 is 0. The Bertz CT molecular complexity index is 861. The van der Waals surface area contributed by atoms with Crippen molar-refractivity contribution in [3.63, 3.8) is 0 Å². The van der Waals surface area contributed by atoms with E-state index in [-0.39, 0.29) is 17.8 Å². The first-order valence-electron chi connectivity index (χ1n) is 10.3. The molecule has 1 unspecified atom stereocenters. The first-order chi connectivity index (χ1) is 13.6. The van der Waals surface area contributed by atoms with Gasteiger partial charge in [-0.2, -0.15) is 0 Å². The fraction of sp³-hybridized carbons (Fsp3) is 0.417. The first kappa shape index (κ1) is 18.9. The molecule has 0 saturated heterocycles. The molecule has 0 bridgehead atoms. The van der Waals surface area contributed by atoms with Gasteiger partial charge in [-0.15, -0.1) is 0 Å². The van der Waals surface area contributed by atoms with Crippen LogP contribution in [0.3, 0.4) is 0 Å². The Balaban J connectivity index is 1.50. The van der Waals surface area contributed by atoms with Gasteiger partial charge in [-0.3, -0.25) is 9.78 Å². The molecule has 1 amide bonds. The van der Waals surface area contributed by atoms with Gasteiger partial charge in [0.25, 0.3) is 0 Å². The molecule has 1 aromatic carbocycles. The average molecular weight is 378 g/mol. The quantitative estimate of drug-likeness (QED) is 0.791. The monoisotopic (exact) mass is 378 g/mol. The largest absolute Gasteiger partial charge is 0.353 e. The molecule has 0 radical (unpaired) electrons. The highest BCUT2D eigenvalue weighted by atomic mass is 19.1. The number of carbonyl (C=O) groups excluding carboxylic acids is 1. The zero-order chi connectivity index (χ0) is 19.5. The Hall–Kier alpha value is -2.49. The summed E-state index contributed by atoms with van der Waals surface area (Å²) in [5.74, 6) is 1.57. The Morgan fingerprint density at radius 2 is 2.04 bits per heavy atom. The van der Waals surface area contributed by atoms with E-state index in [0.717, 1.165) is 29.2 Å². The van der Waals surface area contributed by atoms with Crippen molar-refractivity contribution in [2.45, 2.75) is 45.1 Å². The lowest BCUT2D eigenvalue weighted by Crippen LogP contribution is -2.36. The number of benzene rings is 1. The van der Waals surface area contributed by atoms with Crippen molar-refractivity contribution in [2.75, 3.05) is 0 Å². The fourth-order valence-electron chi connectivity index (χ4n) is 5.06. The summed E-state index contributed by atoms with van der Waals surface area (Å²) in [5, 5.41) is 3.17. The lowest BCUT2D eigenvalue weighted by atomic mass is 9.78. The van der Waals surface area contributed by atoms with Crippen LogP contribution >= 0.6 is 0 Å². The van der Waals surface area contributed by atoms with Gasteiger partial charge in [0, 0.05) is 30.6 Å². The standard InChI is InChI=1S/C24H27FN2O/c1-16(28)27-24-14-18-5-2-3-8-22(18)23(24)12-11-21-10-9-19(15-26-21)17-6-4-7-20(25)13-17/h4,6-7,9-13,15,18,22-24H,2-3,5,8,14H2,1H3,(H,27,28)/b12-11+/t18-,22-,23+,24?/m0/s1. The van der Waals surface area contributed by atoms with Gasteiger partial charge in [-0.1, -0.05) is 43.5 Å². The van der Waals surface area contributed by atoms with Crippen molar-refractivity contribution in [1.29, 1.82) is 0 Å². The number of halogens is 1. The van der Waals surface area contributed by atoms with E-state index in [1.807, 2.05) is 18.2 Å². The van der Waals surface area contributed by atoms with Gasteiger partial charge < -0.3 is 5.32 Å². The van der Waals surface area contributed by atoms with E-state index < -0.39 is 0 Å². The Labute approximate surface area is 166 Å². The number of nitrogens with one attached hydrogen (secondary N) is 1. The topological polar surface area (TPSA) is 42.0 Å². The molecule has 1 heterocycles. The van der Waals surface area contributed by atoms with Crippen LogP contribution in [-0.4, -0.2) is 16.9 Å². The van der Waals surface area contributed by atoms with E-state index in [1.165, 1.54) is 37.8 Å². The van der Waals surface area contributed by atoms with Crippen LogP contribution in [0.4, 0.5) is 4.39 Å². The van der Waals surface area contributed by atoms with Gasteiger partial charge in [0.05, 0.1) is 5.69 Å². The van der Waals surface area contributed by atoms with E-state index >= 15 is 0 Å². The van der Waals surface area contributed by atoms with Gasteiger partial charge in [0.1, 0.15) is 5.82 Å². The summed E-state index contributed by atoms with van der Waals surface area (Å²) in [7, 11) is 0. The minimum absolute atomic E-state index is 0.0552. The number of amides is 1. The second-order valence-electron chi connectivity index (χ2n) is 8.17. The van der Waals surface area contributed by atoms with E-state index in [1.54, 1.807) is 19.2 Å². The van der Waals surface area contributed by atoms with Crippen LogP contribution in [-0.2, 0) is 4.79 Å². The predicted octanol–water partition coefficient (Wildman–Crippen LogP) is 5.23. The number of aromatic nitrogens is 1. The molecule has 2 aromatic rings. The SMILES string of the molecule is CC(=O)NC1C[C@@H]2CCCC[C@@H]2[C@H]1/C=C/c1ccc(-c2cccc(F)c2)cn1. The molecule has 4 rings (SSSR count). The van der Waals surface area contributed by atoms with E-state index in [0.29, 0.717) is 11.8 Å². The molecule has 0 spiro atoms. The molecule has 28 heavy (non-hydrogen) atoms. The number of pyridine rings is 1. The Kier molecular flexibility index (Phi) is 5.56. The van der Waals surface area contributed by atoms with Crippen LogP contribution in [0.2, 0.25) is 0 Å². The third-order valence-corrected chi connectivity index (χ3v) is 6.31. The van der Waals surface area contributed by atoms with Crippen LogP contribution < -0.4 is 5.32 Å². The maximum absolute atomic E-state index is 13.4. The number of hydrogen-bond donors (Lipinski definition) is 1. The number of hydrogen-bond acceptors (Lipinski definition) is 2. The van der Waals surface area contributed by atoms with Crippen LogP contribution in [0.25, 0.3) is 17.2 Å². The molecule has 0 aliphatic heterocycles. The molecule has 4 heteroatoms. The molecule has 2 aliphatic carbocycles. The van der Waals surface area contributed by atoms with Crippen molar-refractivity contribution in [3.05, 3.63) is 60.2 Å². The third-order valence-electron chi connectivity index (χ3n) is 6.31. The molecule has 2 fully saturated rings. The lowest BCUT2D eigenvalue weighted by molar-refractivity contribution is -0.119. The maximum Gasteiger partial charge on any atom is 0.217 e. The van der Waals surface area contributed by atoms with Crippen molar-refractivity contribution in [2.24, 2.45) is 17.8 Å². The van der Waals surface area contributed by atoms with Crippen molar-refractivity contribution < 1.29 is 9.18 Å². The molecule has 2 aliphatic rings. The molecule has 146 valence electrons. The fourth-order valence-corrected chi connectivity index (χ4v) is 5.06. The van der Waals surface area contributed by atoms with E-state index in [4.69, 9.17) is 0 Å². The van der Waals surface area contributed by atoms with Gasteiger partial charge >= 0.3 is 0 Å². The summed E-state index contributed by atoms with van der Waals surface area (Å²) in [6.45, 7) is 1.61. The Morgan fingerprint density at radius 3 is 2.79 bits per heavy atom. The van der Waals surface area contributed by atoms with Crippen molar-refractivity contribution in [1.82, 2.24) is 10.3 Å². The molecule has 3 nitrogen and oxygen atoms in total. The zero-order valence-electron chi connectivity index (χ0n) is 16.3. The molecule has 2 saturated carbocycles. The normalized spacial score (nSPS) is 26.9. The minimum atomic E-state index is -0.242. The molecule has 1 aromatic heterocycles. The van der Waals surface area contributed by atoms with Crippen LogP contribution in [0, 0.1) is 23.6 Å².